The summed E-state index contributed by atoms with van der Waals surface area (Å²) in [6, 6.07) is 0.762. The molecule has 0 amide bonds. The van der Waals surface area contributed by atoms with Gasteiger partial charge in [-0.15, -0.1) is 0 Å². The average molecular weight is 232 g/mol. The molecule has 1 aliphatic carbocycles. The van der Waals surface area contributed by atoms with Crippen LogP contribution in [0.25, 0.3) is 0 Å². The third kappa shape index (κ3) is 3.43. The van der Waals surface area contributed by atoms with Gasteiger partial charge in [-0.3, -0.25) is 0 Å². The molecule has 1 N–H and O–H groups in total. The Kier molecular flexibility index (Phi) is 3.33. The number of rotatable bonds is 4. The topological polar surface area (TPSA) is 49.4 Å². The van der Waals surface area contributed by atoms with Crippen molar-refractivity contribution >= 4 is 10.0 Å². The lowest BCUT2D eigenvalue weighted by molar-refractivity contribution is 0.268. The Balaban J connectivity index is 1.71. The average Bonchev–Trinajstić information content (AvgIpc) is 2.97. The lowest BCUT2D eigenvalue weighted by atomic mass is 9.98. The molecule has 0 aromatic carbocycles. The predicted molar refractivity (Wildman–Crippen MR) is 60.2 cm³/mol. The molecule has 0 aromatic rings. The van der Waals surface area contributed by atoms with Gasteiger partial charge in [-0.1, -0.05) is 0 Å². The summed E-state index contributed by atoms with van der Waals surface area (Å²) in [5.41, 5.74) is 0. The Hall–Kier alpha value is -0.130. The van der Waals surface area contributed by atoms with E-state index in [1.807, 2.05) is 0 Å². The number of nitrogens with zero attached hydrogens (tertiary/aromatic N) is 1. The highest BCUT2D eigenvalue weighted by Gasteiger charge is 2.26. The Labute approximate surface area is 92.1 Å². The molecule has 88 valence electrons. The molecular weight excluding hydrogens is 212 g/mol. The molecule has 5 heteroatoms. The van der Waals surface area contributed by atoms with Crippen molar-refractivity contribution in [2.45, 2.75) is 31.7 Å². The summed E-state index contributed by atoms with van der Waals surface area (Å²) in [5.74, 6) is 0.670. The summed E-state index contributed by atoms with van der Waals surface area (Å²) in [6.45, 7) is 2.48. The van der Waals surface area contributed by atoms with E-state index in [2.05, 4.69) is 5.32 Å². The summed E-state index contributed by atoms with van der Waals surface area (Å²) in [7, 11) is -2.96. The zero-order valence-electron chi connectivity index (χ0n) is 9.28. The first-order chi connectivity index (χ1) is 7.05. The van der Waals surface area contributed by atoms with Crippen LogP contribution >= 0.6 is 0 Å². The standard InChI is InChI=1S/C10H20N2O2S/c1-15(13,14)12-6-4-9(5-7-12)8-11-10-2-3-10/h9-11H,2-8H2,1H3. The number of nitrogens with one attached hydrogen (secondary N) is 1. The van der Waals surface area contributed by atoms with Gasteiger partial charge >= 0.3 is 0 Å². The Morgan fingerprint density at radius 3 is 2.27 bits per heavy atom. The molecule has 0 radical (unpaired) electrons. The molecule has 1 aliphatic heterocycles. The van der Waals surface area contributed by atoms with E-state index < -0.39 is 10.0 Å². The number of hydrogen-bond donors (Lipinski definition) is 1. The van der Waals surface area contributed by atoms with Crippen LogP contribution in [-0.4, -0.2) is 44.7 Å². The molecule has 0 atom stereocenters. The third-order valence-corrected chi connectivity index (χ3v) is 4.62. The smallest absolute Gasteiger partial charge is 0.211 e. The Morgan fingerprint density at radius 2 is 1.80 bits per heavy atom. The van der Waals surface area contributed by atoms with Crippen molar-refractivity contribution < 1.29 is 8.42 Å². The quantitative estimate of drug-likeness (QED) is 0.764. The van der Waals surface area contributed by atoms with Gasteiger partial charge in [-0.05, 0) is 38.1 Å². The highest BCUT2D eigenvalue weighted by atomic mass is 32.2. The van der Waals surface area contributed by atoms with Crippen LogP contribution in [0.15, 0.2) is 0 Å². The molecule has 1 heterocycles. The first-order valence-electron chi connectivity index (χ1n) is 5.74. The summed E-state index contributed by atoms with van der Waals surface area (Å²) in [6.07, 6.45) is 5.96. The van der Waals surface area contributed by atoms with Gasteiger partial charge in [-0.2, -0.15) is 0 Å². The molecule has 1 saturated carbocycles. The van der Waals surface area contributed by atoms with Gasteiger partial charge in [0, 0.05) is 19.1 Å². The fourth-order valence-electron chi connectivity index (χ4n) is 2.07. The highest BCUT2D eigenvalue weighted by Crippen LogP contribution is 2.22. The van der Waals surface area contributed by atoms with E-state index in [0.29, 0.717) is 19.0 Å². The molecule has 1 saturated heterocycles. The highest BCUT2D eigenvalue weighted by molar-refractivity contribution is 7.88. The normalized spacial score (nSPS) is 25.7. The second kappa shape index (κ2) is 4.39. The van der Waals surface area contributed by atoms with Gasteiger partial charge in [0.1, 0.15) is 0 Å². The summed E-state index contributed by atoms with van der Waals surface area (Å²) in [4.78, 5) is 0. The molecule has 0 aromatic heterocycles. The number of piperidine rings is 1. The SMILES string of the molecule is CS(=O)(=O)N1CCC(CNC2CC2)CC1. The van der Waals surface area contributed by atoms with Crippen molar-refractivity contribution in [3.8, 4) is 0 Å². The van der Waals surface area contributed by atoms with Crippen LogP contribution in [-0.2, 0) is 10.0 Å². The lowest BCUT2D eigenvalue weighted by Crippen LogP contribution is -2.40. The number of hydrogen-bond acceptors (Lipinski definition) is 3. The van der Waals surface area contributed by atoms with Gasteiger partial charge in [0.15, 0.2) is 0 Å². The van der Waals surface area contributed by atoms with Gasteiger partial charge < -0.3 is 5.32 Å². The molecule has 4 nitrogen and oxygen atoms in total. The van der Waals surface area contributed by atoms with E-state index >= 15 is 0 Å². The van der Waals surface area contributed by atoms with Crippen LogP contribution in [0.5, 0.6) is 0 Å². The van der Waals surface area contributed by atoms with Crippen LogP contribution in [0.4, 0.5) is 0 Å². The van der Waals surface area contributed by atoms with Gasteiger partial charge in [-0.25, -0.2) is 12.7 Å². The van der Waals surface area contributed by atoms with Crippen LogP contribution < -0.4 is 5.32 Å². The zero-order chi connectivity index (χ0) is 10.9. The van der Waals surface area contributed by atoms with E-state index in [-0.39, 0.29) is 0 Å². The Bertz CT molecular complexity index is 303. The van der Waals surface area contributed by atoms with E-state index in [4.69, 9.17) is 0 Å². The molecular formula is C10H20N2O2S. The number of sulfonamides is 1. The maximum Gasteiger partial charge on any atom is 0.211 e. The van der Waals surface area contributed by atoms with E-state index in [0.717, 1.165) is 25.4 Å². The van der Waals surface area contributed by atoms with Crippen LogP contribution in [0, 0.1) is 5.92 Å². The minimum atomic E-state index is -2.96. The van der Waals surface area contributed by atoms with E-state index in [9.17, 15) is 8.42 Å². The first-order valence-corrected chi connectivity index (χ1v) is 7.59. The lowest BCUT2D eigenvalue weighted by Gasteiger charge is -2.30. The molecule has 0 unspecified atom stereocenters. The fourth-order valence-corrected chi connectivity index (χ4v) is 2.94. The van der Waals surface area contributed by atoms with Gasteiger partial charge in [0.25, 0.3) is 0 Å². The minimum Gasteiger partial charge on any atom is -0.314 e. The molecule has 0 bridgehead atoms. The van der Waals surface area contributed by atoms with Crippen molar-refractivity contribution in [2.24, 2.45) is 5.92 Å². The maximum absolute atomic E-state index is 11.3. The predicted octanol–water partition coefficient (Wildman–Crippen LogP) is 0.410. The fraction of sp³-hybridized carbons (Fsp3) is 1.00. The molecule has 15 heavy (non-hydrogen) atoms. The van der Waals surface area contributed by atoms with Crippen molar-refractivity contribution in [3.63, 3.8) is 0 Å². The molecule has 2 aliphatic rings. The van der Waals surface area contributed by atoms with Crippen LogP contribution in [0.1, 0.15) is 25.7 Å². The van der Waals surface area contributed by atoms with Crippen molar-refractivity contribution in [1.29, 1.82) is 0 Å². The summed E-state index contributed by atoms with van der Waals surface area (Å²) in [5, 5.41) is 3.51. The second-order valence-corrected chi connectivity index (χ2v) is 6.77. The van der Waals surface area contributed by atoms with Crippen LogP contribution in [0.3, 0.4) is 0 Å². The van der Waals surface area contributed by atoms with Gasteiger partial charge in [0.2, 0.25) is 10.0 Å². The van der Waals surface area contributed by atoms with Crippen molar-refractivity contribution in [3.05, 3.63) is 0 Å². The summed E-state index contributed by atoms with van der Waals surface area (Å²) >= 11 is 0. The molecule has 2 fully saturated rings. The van der Waals surface area contributed by atoms with Crippen molar-refractivity contribution in [2.75, 3.05) is 25.9 Å². The second-order valence-electron chi connectivity index (χ2n) is 4.79. The summed E-state index contributed by atoms with van der Waals surface area (Å²) < 4.78 is 24.2. The van der Waals surface area contributed by atoms with E-state index in [1.165, 1.54) is 19.1 Å². The van der Waals surface area contributed by atoms with Crippen molar-refractivity contribution in [1.82, 2.24) is 9.62 Å². The van der Waals surface area contributed by atoms with E-state index in [1.54, 1.807) is 4.31 Å². The third-order valence-electron chi connectivity index (χ3n) is 3.32. The van der Waals surface area contributed by atoms with Crippen LogP contribution in [0.2, 0.25) is 0 Å². The molecule has 0 spiro atoms. The monoisotopic (exact) mass is 232 g/mol. The minimum absolute atomic E-state index is 0.670. The Morgan fingerprint density at radius 1 is 1.20 bits per heavy atom. The molecule has 2 rings (SSSR count). The maximum atomic E-state index is 11.3. The zero-order valence-corrected chi connectivity index (χ0v) is 10.1. The van der Waals surface area contributed by atoms with Gasteiger partial charge in [0.05, 0.1) is 6.26 Å². The first kappa shape index (κ1) is 11.4. The largest absolute Gasteiger partial charge is 0.314 e.